The lowest BCUT2D eigenvalue weighted by molar-refractivity contribution is -0.906. The van der Waals surface area contributed by atoms with Crippen LogP contribution in [0.25, 0.3) is 0 Å². The Morgan fingerprint density at radius 3 is 1.89 bits per heavy atom. The van der Waals surface area contributed by atoms with Crippen LogP contribution in [0.3, 0.4) is 0 Å². The van der Waals surface area contributed by atoms with Gasteiger partial charge in [-0.25, -0.2) is 0 Å². The highest BCUT2D eigenvalue weighted by atomic mass is 16.4. The fourth-order valence-electron chi connectivity index (χ4n) is 1.65. The summed E-state index contributed by atoms with van der Waals surface area (Å²) in [6.07, 6.45) is 5.61. The van der Waals surface area contributed by atoms with Crippen molar-refractivity contribution in [2.45, 2.75) is 59.3 Å². The zero-order valence-corrected chi connectivity index (χ0v) is 13.3. The standard InChI is InChI=1S/C8H16O2.C7H18NO/c1-2-3-4-5-6-7-8(9)10;1-4-8(3,5-2)6-7-9/h2-7H2,1H3,(H,9,10);9H,4-7H2,1-3H3/q;+1/p-1. The normalized spacial score (nSPS) is 10.8. The summed E-state index contributed by atoms with van der Waals surface area (Å²) in [6.45, 7) is 9.84. The van der Waals surface area contributed by atoms with Gasteiger partial charge in [-0.15, -0.1) is 0 Å². The van der Waals surface area contributed by atoms with E-state index >= 15 is 0 Å². The molecule has 0 spiro atoms. The molecule has 0 aliphatic rings. The molecule has 116 valence electrons. The third-order valence-electron chi connectivity index (χ3n) is 3.65. The molecule has 0 aromatic heterocycles. The average molecular weight is 275 g/mol. The lowest BCUT2D eigenvalue weighted by atomic mass is 10.1. The Hall–Kier alpha value is -0.610. The van der Waals surface area contributed by atoms with E-state index in [4.69, 9.17) is 5.11 Å². The van der Waals surface area contributed by atoms with Crippen molar-refractivity contribution in [3.8, 4) is 0 Å². The van der Waals surface area contributed by atoms with Crippen LogP contribution < -0.4 is 5.11 Å². The summed E-state index contributed by atoms with van der Waals surface area (Å²) in [7, 11) is 2.16. The summed E-state index contributed by atoms with van der Waals surface area (Å²) in [6, 6.07) is 0. The van der Waals surface area contributed by atoms with Gasteiger partial charge in [0.1, 0.15) is 6.54 Å². The Morgan fingerprint density at radius 1 is 1.05 bits per heavy atom. The summed E-state index contributed by atoms with van der Waals surface area (Å²) in [5.74, 6) is -0.920. The Labute approximate surface area is 119 Å². The van der Waals surface area contributed by atoms with Gasteiger partial charge in [0.05, 0.1) is 26.7 Å². The number of hydrogen-bond donors (Lipinski definition) is 1. The van der Waals surface area contributed by atoms with Gasteiger partial charge in [-0.1, -0.05) is 32.6 Å². The van der Waals surface area contributed by atoms with Crippen LogP contribution in [-0.4, -0.2) is 48.8 Å². The van der Waals surface area contributed by atoms with Gasteiger partial charge in [-0.05, 0) is 26.7 Å². The van der Waals surface area contributed by atoms with E-state index in [1.807, 2.05) is 0 Å². The number of unbranched alkanes of at least 4 members (excludes halogenated alkanes) is 4. The molecule has 0 amide bonds. The van der Waals surface area contributed by atoms with E-state index in [-0.39, 0.29) is 6.42 Å². The van der Waals surface area contributed by atoms with E-state index in [1.54, 1.807) is 0 Å². The van der Waals surface area contributed by atoms with E-state index in [9.17, 15) is 9.90 Å². The van der Waals surface area contributed by atoms with Crippen LogP contribution in [0.4, 0.5) is 0 Å². The first kappa shape index (κ1) is 20.7. The smallest absolute Gasteiger partial charge is 0.102 e. The highest BCUT2D eigenvalue weighted by molar-refractivity contribution is 5.63. The molecule has 19 heavy (non-hydrogen) atoms. The van der Waals surface area contributed by atoms with Crippen LogP contribution in [0.15, 0.2) is 0 Å². The Morgan fingerprint density at radius 2 is 1.58 bits per heavy atom. The van der Waals surface area contributed by atoms with Gasteiger partial charge in [0.15, 0.2) is 0 Å². The van der Waals surface area contributed by atoms with Gasteiger partial charge in [-0.3, -0.25) is 0 Å². The number of aliphatic hydroxyl groups excluding tert-OH is 1. The van der Waals surface area contributed by atoms with E-state index in [2.05, 4.69) is 27.8 Å². The number of carboxylic acid groups (broad SMARTS) is 1. The van der Waals surface area contributed by atoms with Crippen molar-refractivity contribution < 1.29 is 19.5 Å². The van der Waals surface area contributed by atoms with Gasteiger partial charge in [0, 0.05) is 5.97 Å². The quantitative estimate of drug-likeness (QED) is 0.486. The van der Waals surface area contributed by atoms with Crippen LogP contribution in [0.1, 0.15) is 59.3 Å². The fourth-order valence-corrected chi connectivity index (χ4v) is 1.65. The first-order valence-corrected chi connectivity index (χ1v) is 7.60. The van der Waals surface area contributed by atoms with Crippen LogP contribution in [0.2, 0.25) is 0 Å². The van der Waals surface area contributed by atoms with Crippen molar-refractivity contribution in [3.63, 3.8) is 0 Å². The maximum absolute atomic E-state index is 9.92. The molecular formula is C15H33NO3. The zero-order valence-electron chi connectivity index (χ0n) is 13.3. The SMILES string of the molecule is CCCCCCCC(=O)[O-].CC[N+](C)(CC)CCO. The summed E-state index contributed by atoms with van der Waals surface area (Å²) in [5.41, 5.74) is 0. The summed E-state index contributed by atoms with van der Waals surface area (Å²) in [5, 5.41) is 18.6. The fraction of sp³-hybridized carbons (Fsp3) is 0.933. The van der Waals surface area contributed by atoms with Crippen molar-refractivity contribution >= 4 is 5.97 Å². The second-order valence-corrected chi connectivity index (χ2v) is 5.24. The molecule has 1 N–H and O–H groups in total. The molecule has 0 aromatic rings. The predicted octanol–water partition coefficient (Wildman–Crippen LogP) is 1.56. The van der Waals surface area contributed by atoms with Crippen molar-refractivity contribution in [1.82, 2.24) is 0 Å². The van der Waals surface area contributed by atoms with Crippen LogP contribution >= 0.6 is 0 Å². The molecule has 4 nitrogen and oxygen atoms in total. The largest absolute Gasteiger partial charge is 0.550 e. The molecule has 0 saturated heterocycles. The second-order valence-electron chi connectivity index (χ2n) is 5.24. The number of carbonyl (C=O) groups is 1. The molecule has 0 aliphatic heterocycles. The number of aliphatic hydroxyl groups is 1. The molecule has 0 heterocycles. The number of hydrogen-bond acceptors (Lipinski definition) is 3. The molecule has 0 rings (SSSR count). The Bertz CT molecular complexity index is 204. The van der Waals surface area contributed by atoms with Crippen LogP contribution in [0.5, 0.6) is 0 Å². The monoisotopic (exact) mass is 275 g/mol. The number of nitrogens with zero attached hydrogens (tertiary/aromatic N) is 1. The maximum Gasteiger partial charge on any atom is 0.102 e. The first-order chi connectivity index (χ1) is 8.95. The third kappa shape index (κ3) is 15.3. The van der Waals surface area contributed by atoms with E-state index in [0.29, 0.717) is 6.61 Å². The molecule has 0 atom stereocenters. The highest BCUT2D eigenvalue weighted by Gasteiger charge is 2.13. The number of carboxylic acids is 1. The lowest BCUT2D eigenvalue weighted by Crippen LogP contribution is -2.45. The Balaban J connectivity index is 0. The predicted molar refractivity (Wildman–Crippen MR) is 77.6 cm³/mol. The summed E-state index contributed by atoms with van der Waals surface area (Å²) in [4.78, 5) is 9.92. The van der Waals surface area contributed by atoms with E-state index < -0.39 is 5.97 Å². The molecule has 4 heteroatoms. The van der Waals surface area contributed by atoms with E-state index in [0.717, 1.165) is 43.4 Å². The lowest BCUT2D eigenvalue weighted by Gasteiger charge is -2.31. The minimum Gasteiger partial charge on any atom is -0.550 e. The molecule has 0 bridgehead atoms. The van der Waals surface area contributed by atoms with Gasteiger partial charge in [0.2, 0.25) is 0 Å². The molecule has 0 radical (unpaired) electrons. The second kappa shape index (κ2) is 13.8. The number of rotatable bonds is 10. The Kier molecular flexibility index (Phi) is 15.1. The van der Waals surface area contributed by atoms with Gasteiger partial charge in [-0.2, -0.15) is 0 Å². The molecule has 0 fully saturated rings. The van der Waals surface area contributed by atoms with Crippen molar-refractivity contribution in [2.24, 2.45) is 0 Å². The number of aliphatic carboxylic acids is 1. The van der Waals surface area contributed by atoms with Crippen molar-refractivity contribution in [2.75, 3.05) is 33.3 Å². The number of likely N-dealkylation sites (N-methyl/N-ethyl adjacent to an activating group) is 1. The third-order valence-corrected chi connectivity index (χ3v) is 3.65. The molecule has 0 unspecified atom stereocenters. The molecule has 0 aromatic carbocycles. The van der Waals surface area contributed by atoms with Gasteiger partial charge >= 0.3 is 0 Å². The van der Waals surface area contributed by atoms with Gasteiger partial charge in [0.25, 0.3) is 0 Å². The summed E-state index contributed by atoms with van der Waals surface area (Å²) < 4.78 is 0.983. The molecule has 0 aliphatic carbocycles. The maximum atomic E-state index is 9.92. The van der Waals surface area contributed by atoms with Gasteiger partial charge < -0.3 is 19.5 Å². The molecule has 0 saturated carbocycles. The zero-order chi connectivity index (χ0) is 15.1. The van der Waals surface area contributed by atoms with Crippen LogP contribution in [-0.2, 0) is 4.79 Å². The average Bonchev–Trinajstić information content (AvgIpc) is 2.39. The number of quaternary nitrogens is 1. The topological polar surface area (TPSA) is 60.4 Å². The van der Waals surface area contributed by atoms with E-state index in [1.165, 1.54) is 12.8 Å². The minimum absolute atomic E-state index is 0.226. The minimum atomic E-state index is -0.920. The number of carbonyl (C=O) groups excluding carboxylic acids is 1. The summed E-state index contributed by atoms with van der Waals surface area (Å²) >= 11 is 0. The van der Waals surface area contributed by atoms with Crippen molar-refractivity contribution in [1.29, 1.82) is 0 Å². The van der Waals surface area contributed by atoms with Crippen LogP contribution in [0, 0.1) is 0 Å². The first-order valence-electron chi connectivity index (χ1n) is 7.60. The molecular weight excluding hydrogens is 242 g/mol. The highest BCUT2D eigenvalue weighted by Crippen LogP contribution is 2.03. The van der Waals surface area contributed by atoms with Crippen molar-refractivity contribution in [3.05, 3.63) is 0 Å².